The van der Waals surface area contributed by atoms with Crippen LogP contribution in [0.4, 0.5) is 5.69 Å². The van der Waals surface area contributed by atoms with Crippen LogP contribution >= 0.6 is 0 Å². The highest BCUT2D eigenvalue weighted by Gasteiger charge is 2.14. The number of amides is 2. The molecule has 0 aliphatic heterocycles. The molecule has 0 spiro atoms. The van der Waals surface area contributed by atoms with E-state index in [4.69, 9.17) is 0 Å². The largest absolute Gasteiger partial charge is 0.507 e. The minimum Gasteiger partial charge on any atom is -0.507 e. The number of rotatable bonds is 9. The molecule has 3 aromatic rings. The van der Waals surface area contributed by atoms with Crippen molar-refractivity contribution in [3.8, 4) is 5.75 Å². The molecule has 0 saturated carbocycles. The molecule has 0 fully saturated rings. The van der Waals surface area contributed by atoms with E-state index in [1.165, 1.54) is 12.3 Å². The van der Waals surface area contributed by atoms with Crippen molar-refractivity contribution in [1.29, 1.82) is 0 Å². The molecule has 0 aliphatic carbocycles. The van der Waals surface area contributed by atoms with Gasteiger partial charge in [-0.3, -0.25) is 9.59 Å². The van der Waals surface area contributed by atoms with E-state index in [1.807, 2.05) is 30.3 Å². The van der Waals surface area contributed by atoms with Crippen LogP contribution in [0.1, 0.15) is 35.3 Å². The molecule has 0 unspecified atom stereocenters. The third-order valence-corrected chi connectivity index (χ3v) is 5.17. The molecule has 0 radical (unpaired) electrons. The number of nitrogens with zero attached hydrogens (tertiary/aromatic N) is 2. The molecule has 3 N–H and O–H groups in total. The van der Waals surface area contributed by atoms with Crippen LogP contribution in [0.3, 0.4) is 0 Å². The first-order chi connectivity index (χ1) is 16.5. The summed E-state index contributed by atoms with van der Waals surface area (Å²) >= 11 is 0. The van der Waals surface area contributed by atoms with Gasteiger partial charge in [-0.2, -0.15) is 5.10 Å². The molecule has 2 amide bonds. The molecule has 0 aromatic heterocycles. The van der Waals surface area contributed by atoms with Gasteiger partial charge in [-0.1, -0.05) is 42.5 Å². The van der Waals surface area contributed by atoms with Crippen molar-refractivity contribution in [2.45, 2.75) is 13.8 Å². The number of hydrogen-bond acceptors (Lipinski definition) is 5. The van der Waals surface area contributed by atoms with E-state index in [9.17, 15) is 14.7 Å². The van der Waals surface area contributed by atoms with Crippen LogP contribution in [0.25, 0.3) is 6.08 Å². The zero-order valence-electron chi connectivity index (χ0n) is 19.2. The minimum absolute atomic E-state index is 0.0406. The number of carbonyl (C=O) groups excluding carboxylic acids is 2. The SMILES string of the molecule is CCN(CC)c1ccc(C=C(NC(=O)c2ccccc2)C(=O)N/N=C/c2ccccc2O)cc1. The van der Waals surface area contributed by atoms with Crippen molar-refractivity contribution in [3.05, 3.63) is 101 Å². The van der Waals surface area contributed by atoms with E-state index in [0.29, 0.717) is 11.1 Å². The Morgan fingerprint density at radius 1 is 0.912 bits per heavy atom. The van der Waals surface area contributed by atoms with Gasteiger partial charge in [-0.05, 0) is 61.9 Å². The second-order valence-electron chi connectivity index (χ2n) is 7.40. The van der Waals surface area contributed by atoms with Crippen molar-refractivity contribution in [2.24, 2.45) is 5.10 Å². The molecular weight excluding hydrogens is 428 g/mol. The number of hydrogen-bond donors (Lipinski definition) is 3. The molecular formula is C27H28N4O3. The van der Waals surface area contributed by atoms with Gasteiger partial charge >= 0.3 is 0 Å². The monoisotopic (exact) mass is 456 g/mol. The van der Waals surface area contributed by atoms with Crippen molar-refractivity contribution in [2.75, 3.05) is 18.0 Å². The van der Waals surface area contributed by atoms with Gasteiger partial charge in [-0.25, -0.2) is 5.43 Å². The standard InChI is InChI=1S/C27H28N4O3/c1-3-31(4-2)23-16-14-20(15-17-23)18-24(29-26(33)21-10-6-5-7-11-21)27(34)30-28-19-22-12-8-9-13-25(22)32/h5-19,32H,3-4H2,1-2H3,(H,29,33)(H,30,34)/b24-18?,28-19+. The fourth-order valence-corrected chi connectivity index (χ4v) is 3.30. The Hall–Kier alpha value is -4.39. The topological polar surface area (TPSA) is 94.0 Å². The lowest BCUT2D eigenvalue weighted by Crippen LogP contribution is -2.32. The van der Waals surface area contributed by atoms with Crippen LogP contribution < -0.4 is 15.6 Å². The van der Waals surface area contributed by atoms with E-state index in [0.717, 1.165) is 24.3 Å². The number of anilines is 1. The third kappa shape index (κ3) is 6.56. The molecule has 7 nitrogen and oxygen atoms in total. The van der Waals surface area contributed by atoms with Gasteiger partial charge in [0.25, 0.3) is 11.8 Å². The Labute approximate surface area is 199 Å². The molecule has 0 saturated heterocycles. The van der Waals surface area contributed by atoms with E-state index in [2.05, 4.69) is 34.6 Å². The van der Waals surface area contributed by atoms with Crippen LogP contribution in [0.2, 0.25) is 0 Å². The van der Waals surface area contributed by atoms with E-state index < -0.39 is 11.8 Å². The van der Waals surface area contributed by atoms with Gasteiger partial charge in [0, 0.05) is 29.9 Å². The van der Waals surface area contributed by atoms with Gasteiger partial charge in [0.2, 0.25) is 0 Å². The maximum absolute atomic E-state index is 12.9. The lowest BCUT2D eigenvalue weighted by Gasteiger charge is -2.20. The second kappa shape index (κ2) is 12.0. The average Bonchev–Trinajstić information content (AvgIpc) is 2.87. The maximum Gasteiger partial charge on any atom is 0.287 e. The number of phenols is 1. The van der Waals surface area contributed by atoms with Gasteiger partial charge in [0.15, 0.2) is 0 Å². The smallest absolute Gasteiger partial charge is 0.287 e. The highest BCUT2D eigenvalue weighted by Crippen LogP contribution is 2.17. The molecule has 7 heteroatoms. The number of para-hydroxylation sites is 1. The van der Waals surface area contributed by atoms with Gasteiger partial charge in [0.1, 0.15) is 11.4 Å². The average molecular weight is 457 g/mol. The summed E-state index contributed by atoms with van der Waals surface area (Å²) in [7, 11) is 0. The van der Waals surface area contributed by atoms with Gasteiger partial charge < -0.3 is 15.3 Å². The number of carbonyl (C=O) groups is 2. The first-order valence-corrected chi connectivity index (χ1v) is 11.1. The van der Waals surface area contributed by atoms with Crippen molar-refractivity contribution >= 4 is 29.8 Å². The zero-order chi connectivity index (χ0) is 24.3. The number of nitrogens with one attached hydrogen (secondary N) is 2. The summed E-state index contributed by atoms with van der Waals surface area (Å²) in [5, 5.41) is 16.4. The van der Waals surface area contributed by atoms with Gasteiger partial charge in [-0.15, -0.1) is 0 Å². The lowest BCUT2D eigenvalue weighted by atomic mass is 10.1. The fraction of sp³-hybridized carbons (Fsp3) is 0.148. The molecule has 174 valence electrons. The summed E-state index contributed by atoms with van der Waals surface area (Å²) in [6.45, 7) is 5.96. The van der Waals surface area contributed by atoms with Crippen LogP contribution in [-0.4, -0.2) is 36.2 Å². The fourth-order valence-electron chi connectivity index (χ4n) is 3.30. The second-order valence-corrected chi connectivity index (χ2v) is 7.40. The van der Waals surface area contributed by atoms with Crippen LogP contribution in [0.5, 0.6) is 5.75 Å². The maximum atomic E-state index is 12.9. The normalized spacial score (nSPS) is 11.3. The molecule has 0 atom stereocenters. The predicted molar refractivity (Wildman–Crippen MR) is 136 cm³/mol. The molecule has 0 aliphatic rings. The molecule has 0 heterocycles. The molecule has 34 heavy (non-hydrogen) atoms. The van der Waals surface area contributed by atoms with Crippen molar-refractivity contribution in [1.82, 2.24) is 10.7 Å². The first-order valence-electron chi connectivity index (χ1n) is 11.1. The summed E-state index contributed by atoms with van der Waals surface area (Å²) in [6, 6.07) is 23.0. The summed E-state index contributed by atoms with van der Waals surface area (Å²) < 4.78 is 0. The Morgan fingerprint density at radius 3 is 2.21 bits per heavy atom. The van der Waals surface area contributed by atoms with Crippen LogP contribution in [0.15, 0.2) is 89.7 Å². The third-order valence-electron chi connectivity index (χ3n) is 5.17. The van der Waals surface area contributed by atoms with Crippen molar-refractivity contribution < 1.29 is 14.7 Å². The predicted octanol–water partition coefficient (Wildman–Crippen LogP) is 4.16. The highest BCUT2D eigenvalue weighted by atomic mass is 16.3. The summed E-state index contributed by atoms with van der Waals surface area (Å²) in [5.74, 6) is -0.961. The Morgan fingerprint density at radius 2 is 1.56 bits per heavy atom. The lowest BCUT2D eigenvalue weighted by molar-refractivity contribution is -0.117. The number of phenolic OH excluding ortho intramolecular Hbond substituents is 1. The zero-order valence-corrected chi connectivity index (χ0v) is 19.2. The molecule has 0 bridgehead atoms. The summed E-state index contributed by atoms with van der Waals surface area (Å²) in [4.78, 5) is 27.8. The Kier molecular flexibility index (Phi) is 8.57. The number of aromatic hydroxyl groups is 1. The minimum atomic E-state index is -0.594. The quantitative estimate of drug-likeness (QED) is 0.256. The van der Waals surface area contributed by atoms with Crippen LogP contribution in [-0.2, 0) is 4.79 Å². The number of hydrazone groups is 1. The van der Waals surface area contributed by atoms with Gasteiger partial charge in [0.05, 0.1) is 6.21 Å². The Bertz CT molecular complexity index is 1170. The summed E-state index contributed by atoms with van der Waals surface area (Å²) in [6.07, 6.45) is 2.93. The van der Waals surface area contributed by atoms with E-state index >= 15 is 0 Å². The molecule has 3 rings (SSSR count). The van der Waals surface area contributed by atoms with Crippen LogP contribution in [0, 0.1) is 0 Å². The number of benzene rings is 3. The van der Waals surface area contributed by atoms with E-state index in [-0.39, 0.29) is 11.4 Å². The van der Waals surface area contributed by atoms with Crippen molar-refractivity contribution in [3.63, 3.8) is 0 Å². The summed E-state index contributed by atoms with van der Waals surface area (Å²) in [5.41, 5.74) is 5.16. The highest BCUT2D eigenvalue weighted by molar-refractivity contribution is 6.05. The first kappa shape index (κ1) is 24.3. The van der Waals surface area contributed by atoms with E-state index in [1.54, 1.807) is 48.5 Å². The Balaban J connectivity index is 1.83. The molecule has 3 aromatic carbocycles.